The summed E-state index contributed by atoms with van der Waals surface area (Å²) >= 11 is 0. The summed E-state index contributed by atoms with van der Waals surface area (Å²) < 4.78 is 2.02. The smallest absolute Gasteiger partial charge is 0.0992 e. The van der Waals surface area contributed by atoms with Crippen LogP contribution in [0.15, 0.2) is 43.0 Å². The molecule has 90 valence electrons. The predicted octanol–water partition coefficient (Wildman–Crippen LogP) is 3.33. The third-order valence-corrected chi connectivity index (χ3v) is 3.07. The van der Waals surface area contributed by atoms with Crippen LogP contribution in [0.2, 0.25) is 0 Å². The fraction of sp³-hybridized carbons (Fsp3) is 0.357. The number of nitrogens with one attached hydrogen (secondary N) is 1. The lowest BCUT2D eigenvalue weighted by atomic mass is 10.1. The summed E-state index contributed by atoms with van der Waals surface area (Å²) in [6.45, 7) is 6.64. The molecule has 2 aromatic rings. The average molecular weight is 229 g/mol. The highest BCUT2D eigenvalue weighted by atomic mass is 15.1. The number of nitrogens with zero attached hydrogens (tertiary/aromatic N) is 2. The fourth-order valence-electron chi connectivity index (χ4n) is 1.63. The third kappa shape index (κ3) is 2.67. The summed E-state index contributed by atoms with van der Waals surface area (Å²) in [4.78, 5) is 4.09. The number of aromatic nitrogens is 2. The summed E-state index contributed by atoms with van der Waals surface area (Å²) in [7, 11) is 0. The van der Waals surface area contributed by atoms with Crippen molar-refractivity contribution in [2.45, 2.75) is 26.8 Å². The second-order valence-electron chi connectivity index (χ2n) is 4.66. The first-order valence-electron chi connectivity index (χ1n) is 6.02. The Morgan fingerprint density at radius 1 is 1.18 bits per heavy atom. The molecule has 1 aromatic heterocycles. The first-order chi connectivity index (χ1) is 8.18. The van der Waals surface area contributed by atoms with Crippen molar-refractivity contribution >= 4 is 5.69 Å². The minimum absolute atomic E-state index is 0.444. The number of anilines is 1. The van der Waals surface area contributed by atoms with Crippen LogP contribution in [0.4, 0.5) is 5.69 Å². The van der Waals surface area contributed by atoms with Crippen LogP contribution in [0.5, 0.6) is 0 Å². The number of hydrogen-bond acceptors (Lipinski definition) is 2. The lowest BCUT2D eigenvalue weighted by molar-refractivity contribution is 0.560. The van der Waals surface area contributed by atoms with Crippen molar-refractivity contribution in [3.8, 4) is 5.69 Å². The van der Waals surface area contributed by atoms with Crippen molar-refractivity contribution in [3.63, 3.8) is 0 Å². The van der Waals surface area contributed by atoms with E-state index in [1.54, 1.807) is 6.20 Å². The fourth-order valence-corrected chi connectivity index (χ4v) is 1.63. The minimum Gasteiger partial charge on any atom is -0.381 e. The maximum absolute atomic E-state index is 4.09. The van der Waals surface area contributed by atoms with Crippen molar-refractivity contribution < 1.29 is 0 Å². The molecule has 0 spiro atoms. The molecule has 0 saturated carbocycles. The largest absolute Gasteiger partial charge is 0.381 e. The molecule has 2 rings (SSSR count). The Morgan fingerprint density at radius 2 is 1.94 bits per heavy atom. The van der Waals surface area contributed by atoms with Crippen LogP contribution >= 0.6 is 0 Å². The summed E-state index contributed by atoms with van der Waals surface area (Å²) in [5.74, 6) is 0.603. The summed E-state index contributed by atoms with van der Waals surface area (Å²) in [6.07, 6.45) is 5.57. The molecule has 0 fully saturated rings. The van der Waals surface area contributed by atoms with Gasteiger partial charge in [-0.25, -0.2) is 4.98 Å². The summed E-state index contributed by atoms with van der Waals surface area (Å²) in [6, 6.07) is 8.74. The molecular formula is C14H19N3. The van der Waals surface area contributed by atoms with E-state index >= 15 is 0 Å². The molecule has 0 amide bonds. The highest BCUT2D eigenvalue weighted by Crippen LogP contribution is 2.21. The van der Waals surface area contributed by atoms with E-state index in [1.807, 2.05) is 23.2 Å². The van der Waals surface area contributed by atoms with E-state index < -0.39 is 0 Å². The van der Waals surface area contributed by atoms with Gasteiger partial charge in [0, 0.05) is 18.4 Å². The van der Waals surface area contributed by atoms with Gasteiger partial charge in [0.2, 0.25) is 0 Å². The molecule has 1 N–H and O–H groups in total. The van der Waals surface area contributed by atoms with Crippen LogP contribution in [-0.2, 0) is 0 Å². The lowest BCUT2D eigenvalue weighted by Crippen LogP contribution is -2.22. The Bertz CT molecular complexity index is 460. The maximum Gasteiger partial charge on any atom is 0.0992 e. The normalized spacial score (nSPS) is 12.7. The van der Waals surface area contributed by atoms with Gasteiger partial charge in [0.05, 0.1) is 17.7 Å². The summed E-state index contributed by atoms with van der Waals surface area (Å²) in [5, 5.41) is 3.55. The molecule has 0 aliphatic heterocycles. The number of hydrogen-bond donors (Lipinski definition) is 1. The maximum atomic E-state index is 4.09. The topological polar surface area (TPSA) is 29.9 Å². The van der Waals surface area contributed by atoms with Gasteiger partial charge >= 0.3 is 0 Å². The van der Waals surface area contributed by atoms with Crippen molar-refractivity contribution in [1.29, 1.82) is 0 Å². The van der Waals surface area contributed by atoms with E-state index in [9.17, 15) is 0 Å². The van der Waals surface area contributed by atoms with Gasteiger partial charge in [-0.1, -0.05) is 26.0 Å². The van der Waals surface area contributed by atoms with Crippen molar-refractivity contribution in [1.82, 2.24) is 9.55 Å². The van der Waals surface area contributed by atoms with E-state index in [4.69, 9.17) is 0 Å². The molecule has 1 aromatic carbocycles. The highest BCUT2D eigenvalue weighted by molar-refractivity contribution is 5.61. The molecule has 0 aliphatic carbocycles. The number of imidazole rings is 1. The Labute approximate surface area is 103 Å². The first-order valence-corrected chi connectivity index (χ1v) is 6.02. The van der Waals surface area contributed by atoms with E-state index in [0.29, 0.717) is 12.0 Å². The number of benzene rings is 1. The van der Waals surface area contributed by atoms with Crippen molar-refractivity contribution in [3.05, 3.63) is 43.0 Å². The number of rotatable bonds is 4. The summed E-state index contributed by atoms with van der Waals surface area (Å²) in [5.41, 5.74) is 2.28. The van der Waals surface area contributed by atoms with E-state index in [-0.39, 0.29) is 0 Å². The SMILES string of the molecule is CC(C)C(C)Nc1ccccc1-n1ccnc1. The second kappa shape index (κ2) is 5.04. The van der Waals surface area contributed by atoms with Gasteiger partial charge in [0.15, 0.2) is 0 Å². The van der Waals surface area contributed by atoms with Gasteiger partial charge in [-0.05, 0) is 25.0 Å². The van der Waals surface area contributed by atoms with Crippen LogP contribution < -0.4 is 5.32 Å². The Hall–Kier alpha value is -1.77. The minimum atomic E-state index is 0.444. The molecule has 0 bridgehead atoms. The van der Waals surface area contributed by atoms with E-state index in [1.165, 1.54) is 0 Å². The predicted molar refractivity (Wildman–Crippen MR) is 71.5 cm³/mol. The molecule has 3 heteroatoms. The lowest BCUT2D eigenvalue weighted by Gasteiger charge is -2.21. The molecule has 0 aliphatic rings. The average Bonchev–Trinajstić information content (AvgIpc) is 2.83. The van der Waals surface area contributed by atoms with Gasteiger partial charge < -0.3 is 9.88 Å². The number of para-hydroxylation sites is 2. The standard InChI is InChI=1S/C14H19N3/c1-11(2)12(3)16-13-6-4-5-7-14(13)17-9-8-15-10-17/h4-12,16H,1-3H3. The van der Waals surface area contributed by atoms with Gasteiger partial charge in [-0.2, -0.15) is 0 Å². The van der Waals surface area contributed by atoms with Gasteiger partial charge in [-0.15, -0.1) is 0 Å². The quantitative estimate of drug-likeness (QED) is 0.871. The van der Waals surface area contributed by atoms with Gasteiger partial charge in [-0.3, -0.25) is 0 Å². The third-order valence-electron chi connectivity index (χ3n) is 3.07. The van der Waals surface area contributed by atoms with Crippen LogP contribution in [0.25, 0.3) is 5.69 Å². The van der Waals surface area contributed by atoms with Crippen LogP contribution in [-0.4, -0.2) is 15.6 Å². The Kier molecular flexibility index (Phi) is 3.47. The van der Waals surface area contributed by atoms with Gasteiger partial charge in [0.25, 0.3) is 0 Å². The van der Waals surface area contributed by atoms with Crippen LogP contribution in [0, 0.1) is 5.92 Å². The van der Waals surface area contributed by atoms with Gasteiger partial charge in [0.1, 0.15) is 0 Å². The highest BCUT2D eigenvalue weighted by Gasteiger charge is 2.09. The Balaban J connectivity index is 2.29. The molecule has 1 unspecified atom stereocenters. The van der Waals surface area contributed by atoms with E-state index in [0.717, 1.165) is 11.4 Å². The first kappa shape index (κ1) is 11.7. The van der Waals surface area contributed by atoms with Crippen LogP contribution in [0.3, 0.4) is 0 Å². The monoisotopic (exact) mass is 229 g/mol. The molecule has 1 atom stereocenters. The molecule has 17 heavy (non-hydrogen) atoms. The molecule has 3 nitrogen and oxygen atoms in total. The second-order valence-corrected chi connectivity index (χ2v) is 4.66. The molecular weight excluding hydrogens is 210 g/mol. The molecule has 0 radical (unpaired) electrons. The zero-order chi connectivity index (χ0) is 12.3. The van der Waals surface area contributed by atoms with Crippen LogP contribution in [0.1, 0.15) is 20.8 Å². The molecule has 1 heterocycles. The zero-order valence-electron chi connectivity index (χ0n) is 10.6. The Morgan fingerprint density at radius 3 is 2.59 bits per heavy atom. The zero-order valence-corrected chi connectivity index (χ0v) is 10.6. The van der Waals surface area contributed by atoms with Crippen molar-refractivity contribution in [2.75, 3.05) is 5.32 Å². The molecule has 0 saturated heterocycles. The van der Waals surface area contributed by atoms with E-state index in [2.05, 4.69) is 49.3 Å². The van der Waals surface area contributed by atoms with Crippen molar-refractivity contribution in [2.24, 2.45) is 5.92 Å².